The molecule has 4 aliphatic carbocycles. The summed E-state index contributed by atoms with van der Waals surface area (Å²) in [5.74, 6) is 3.32. The Morgan fingerprint density at radius 2 is 1.46 bits per heavy atom. The Balaban J connectivity index is 0.00000146. The molecule has 3 nitrogen and oxygen atoms in total. The molecule has 4 heteroatoms. The topological polar surface area (TPSA) is 32.3 Å². The van der Waals surface area contributed by atoms with Gasteiger partial charge >= 0.3 is 0 Å². The van der Waals surface area contributed by atoms with Crippen LogP contribution in [0.15, 0.2) is 0 Å². The molecular weight excluding hydrogens is 320 g/mol. The van der Waals surface area contributed by atoms with Gasteiger partial charge in [-0.15, -0.1) is 12.4 Å². The standard InChI is InChI=1S/C20H32N2O.ClH/c1-22(18-7-16-2-3-17(8-18)21-16)19(23)12-20-9-13-4-14(10-20)6-15(5-13)11-20;/h13-18,21H,2-12H2,1H3;1H. The van der Waals surface area contributed by atoms with E-state index in [0.29, 0.717) is 29.4 Å². The van der Waals surface area contributed by atoms with Gasteiger partial charge in [-0.1, -0.05) is 0 Å². The average Bonchev–Trinajstić information content (AvgIpc) is 2.83. The highest BCUT2D eigenvalue weighted by Crippen LogP contribution is 2.61. The van der Waals surface area contributed by atoms with Crippen LogP contribution in [-0.2, 0) is 4.79 Å². The molecule has 2 saturated heterocycles. The smallest absolute Gasteiger partial charge is 0.223 e. The molecule has 1 N–H and O–H groups in total. The quantitative estimate of drug-likeness (QED) is 0.838. The van der Waals surface area contributed by atoms with Crippen molar-refractivity contribution in [2.45, 2.75) is 88.8 Å². The van der Waals surface area contributed by atoms with Crippen molar-refractivity contribution in [3.8, 4) is 0 Å². The van der Waals surface area contributed by atoms with Crippen LogP contribution >= 0.6 is 12.4 Å². The van der Waals surface area contributed by atoms with Crippen molar-refractivity contribution in [2.75, 3.05) is 7.05 Å². The lowest BCUT2D eigenvalue weighted by Crippen LogP contribution is -2.51. The Bertz CT molecular complexity index is 461. The second-order valence-corrected chi connectivity index (χ2v) is 9.86. The van der Waals surface area contributed by atoms with Gasteiger partial charge in [-0.05, 0) is 87.4 Å². The minimum atomic E-state index is 0. The zero-order chi connectivity index (χ0) is 15.6. The molecule has 1 amide bonds. The fourth-order valence-electron chi connectivity index (χ4n) is 7.50. The van der Waals surface area contributed by atoms with Crippen molar-refractivity contribution in [2.24, 2.45) is 23.2 Å². The van der Waals surface area contributed by atoms with Crippen LogP contribution in [0.25, 0.3) is 0 Å². The number of nitrogens with zero attached hydrogens (tertiary/aromatic N) is 1. The number of hydrogen-bond acceptors (Lipinski definition) is 2. The molecule has 4 saturated carbocycles. The lowest BCUT2D eigenvalue weighted by Gasteiger charge is -2.57. The first-order chi connectivity index (χ1) is 11.1. The molecule has 6 aliphatic rings. The largest absolute Gasteiger partial charge is 0.343 e. The van der Waals surface area contributed by atoms with Crippen molar-refractivity contribution in [1.29, 1.82) is 0 Å². The number of amides is 1. The van der Waals surface area contributed by atoms with Gasteiger partial charge in [-0.3, -0.25) is 4.79 Å². The van der Waals surface area contributed by atoms with Crippen LogP contribution in [0.2, 0.25) is 0 Å². The SMILES string of the molecule is CN(C(=O)CC12CC3CC(CC(C3)C1)C2)C1CC2CCC(C1)N2.Cl. The molecule has 2 aliphatic heterocycles. The monoisotopic (exact) mass is 352 g/mol. The third-order valence-electron chi connectivity index (χ3n) is 8.08. The van der Waals surface area contributed by atoms with E-state index in [1.807, 2.05) is 0 Å². The summed E-state index contributed by atoms with van der Waals surface area (Å²) in [4.78, 5) is 15.2. The Labute approximate surface area is 152 Å². The molecule has 24 heavy (non-hydrogen) atoms. The zero-order valence-corrected chi connectivity index (χ0v) is 15.8. The van der Waals surface area contributed by atoms with Gasteiger partial charge in [0.25, 0.3) is 0 Å². The number of rotatable bonds is 3. The van der Waals surface area contributed by atoms with E-state index in [-0.39, 0.29) is 12.4 Å². The minimum Gasteiger partial charge on any atom is -0.343 e. The minimum absolute atomic E-state index is 0. The molecular formula is C20H33ClN2O. The maximum atomic E-state index is 13.1. The lowest BCUT2D eigenvalue weighted by atomic mass is 9.49. The van der Waals surface area contributed by atoms with E-state index in [0.717, 1.165) is 24.2 Å². The molecule has 2 atom stereocenters. The predicted molar refractivity (Wildman–Crippen MR) is 98.2 cm³/mol. The molecule has 6 fully saturated rings. The van der Waals surface area contributed by atoms with Crippen LogP contribution in [0.5, 0.6) is 0 Å². The van der Waals surface area contributed by atoms with Gasteiger partial charge in [0.1, 0.15) is 0 Å². The first-order valence-corrected chi connectivity index (χ1v) is 10.1. The van der Waals surface area contributed by atoms with Crippen LogP contribution in [0.4, 0.5) is 0 Å². The van der Waals surface area contributed by atoms with Crippen molar-refractivity contribution < 1.29 is 4.79 Å². The van der Waals surface area contributed by atoms with Gasteiger partial charge in [-0.2, -0.15) is 0 Å². The molecule has 0 aromatic heterocycles. The van der Waals surface area contributed by atoms with Crippen LogP contribution in [-0.4, -0.2) is 36.0 Å². The molecule has 0 radical (unpaired) electrons. The fraction of sp³-hybridized carbons (Fsp3) is 0.950. The molecule has 2 unspecified atom stereocenters. The van der Waals surface area contributed by atoms with E-state index >= 15 is 0 Å². The van der Waals surface area contributed by atoms with Gasteiger partial charge in [0.05, 0.1) is 0 Å². The third kappa shape index (κ3) is 2.90. The van der Waals surface area contributed by atoms with Crippen molar-refractivity contribution >= 4 is 18.3 Å². The van der Waals surface area contributed by atoms with Crippen LogP contribution < -0.4 is 5.32 Å². The summed E-state index contributed by atoms with van der Waals surface area (Å²) in [6, 6.07) is 1.84. The van der Waals surface area contributed by atoms with E-state index in [1.165, 1.54) is 64.2 Å². The van der Waals surface area contributed by atoms with E-state index in [1.54, 1.807) is 0 Å². The first kappa shape index (κ1) is 17.1. The van der Waals surface area contributed by atoms with Crippen LogP contribution in [0.1, 0.15) is 70.6 Å². The van der Waals surface area contributed by atoms with Gasteiger partial charge in [0, 0.05) is 31.6 Å². The summed E-state index contributed by atoms with van der Waals surface area (Å²) in [6.45, 7) is 0. The number of fused-ring (bicyclic) bond motifs is 2. The van der Waals surface area contributed by atoms with E-state index < -0.39 is 0 Å². The highest BCUT2D eigenvalue weighted by Gasteiger charge is 2.52. The van der Waals surface area contributed by atoms with Gasteiger partial charge in [0.2, 0.25) is 5.91 Å². The molecule has 6 bridgehead atoms. The summed E-state index contributed by atoms with van der Waals surface area (Å²) in [5, 5.41) is 3.70. The Kier molecular flexibility index (Phi) is 4.40. The van der Waals surface area contributed by atoms with Crippen molar-refractivity contribution in [3.05, 3.63) is 0 Å². The van der Waals surface area contributed by atoms with Gasteiger partial charge < -0.3 is 10.2 Å². The third-order valence-corrected chi connectivity index (χ3v) is 8.08. The number of hydrogen-bond donors (Lipinski definition) is 1. The maximum Gasteiger partial charge on any atom is 0.223 e. The molecule has 2 heterocycles. The van der Waals surface area contributed by atoms with Crippen molar-refractivity contribution in [3.63, 3.8) is 0 Å². The molecule has 6 rings (SSSR count). The predicted octanol–water partition coefficient (Wildman–Crippen LogP) is 3.76. The number of carbonyl (C=O) groups is 1. The highest BCUT2D eigenvalue weighted by molar-refractivity contribution is 5.85. The summed E-state index contributed by atoms with van der Waals surface area (Å²) >= 11 is 0. The summed E-state index contributed by atoms with van der Waals surface area (Å²) in [6.07, 6.45) is 14.3. The average molecular weight is 353 g/mol. The Morgan fingerprint density at radius 3 is 1.96 bits per heavy atom. The molecule has 0 aromatic rings. The zero-order valence-electron chi connectivity index (χ0n) is 15.0. The normalized spacial score (nSPS) is 48.2. The summed E-state index contributed by atoms with van der Waals surface area (Å²) in [7, 11) is 2.10. The second kappa shape index (κ2) is 6.16. The van der Waals surface area contributed by atoms with E-state index in [4.69, 9.17) is 0 Å². The molecule has 136 valence electrons. The van der Waals surface area contributed by atoms with E-state index in [2.05, 4.69) is 17.3 Å². The maximum absolute atomic E-state index is 13.1. The number of halogens is 1. The number of nitrogens with one attached hydrogen (secondary N) is 1. The first-order valence-electron chi connectivity index (χ1n) is 10.1. The van der Waals surface area contributed by atoms with Gasteiger partial charge in [0.15, 0.2) is 0 Å². The molecule has 0 spiro atoms. The number of piperidine rings is 1. The highest BCUT2D eigenvalue weighted by atomic mass is 35.5. The summed E-state index contributed by atoms with van der Waals surface area (Å²) in [5.41, 5.74) is 0.395. The van der Waals surface area contributed by atoms with Crippen LogP contribution in [0, 0.1) is 23.2 Å². The van der Waals surface area contributed by atoms with Crippen molar-refractivity contribution in [1.82, 2.24) is 10.2 Å². The summed E-state index contributed by atoms with van der Waals surface area (Å²) < 4.78 is 0. The van der Waals surface area contributed by atoms with Gasteiger partial charge in [-0.25, -0.2) is 0 Å². The van der Waals surface area contributed by atoms with Crippen LogP contribution in [0.3, 0.4) is 0 Å². The lowest BCUT2D eigenvalue weighted by molar-refractivity contribution is -0.141. The molecule has 0 aromatic carbocycles. The Hall–Kier alpha value is -0.280. The Morgan fingerprint density at radius 1 is 0.958 bits per heavy atom. The number of carbonyl (C=O) groups excluding carboxylic acids is 1. The second-order valence-electron chi connectivity index (χ2n) is 9.86. The fourth-order valence-corrected chi connectivity index (χ4v) is 7.50. The van der Waals surface area contributed by atoms with E-state index in [9.17, 15) is 4.79 Å².